The Labute approximate surface area is 163 Å². The maximum Gasteiger partial charge on any atom is 0.324 e. The van der Waals surface area contributed by atoms with Crippen molar-refractivity contribution in [3.8, 4) is 0 Å². The summed E-state index contributed by atoms with van der Waals surface area (Å²) in [5.74, 6) is -0.674. The average molecular weight is 402 g/mol. The van der Waals surface area contributed by atoms with E-state index in [-0.39, 0.29) is 11.3 Å². The van der Waals surface area contributed by atoms with E-state index in [0.717, 1.165) is 11.1 Å². The molecule has 1 atom stereocenters. The van der Waals surface area contributed by atoms with Crippen LogP contribution in [-0.4, -0.2) is 51.6 Å². The molecule has 0 aliphatic carbocycles. The summed E-state index contributed by atoms with van der Waals surface area (Å²) in [4.78, 5) is 20.9. The van der Waals surface area contributed by atoms with Crippen molar-refractivity contribution in [2.75, 3.05) is 26.1 Å². The maximum absolute atomic E-state index is 13.1. The number of aromatic nitrogens is 2. The lowest BCUT2D eigenvalue weighted by Crippen LogP contribution is -2.43. The summed E-state index contributed by atoms with van der Waals surface area (Å²) in [5.41, 5.74) is 1.52. The number of anilines is 1. The number of H-pyrrole nitrogens is 1. The minimum atomic E-state index is -3.99. The van der Waals surface area contributed by atoms with Gasteiger partial charge in [-0.3, -0.25) is 4.79 Å². The van der Waals surface area contributed by atoms with Crippen LogP contribution in [0.3, 0.4) is 0 Å². The summed E-state index contributed by atoms with van der Waals surface area (Å²) in [6.45, 7) is 0. The molecule has 0 aliphatic heterocycles. The molecule has 28 heavy (non-hydrogen) atoms. The molecule has 2 N–H and O–H groups in total. The van der Waals surface area contributed by atoms with Crippen LogP contribution in [0.5, 0.6) is 0 Å². The minimum Gasteiger partial charge on any atom is -0.468 e. The third-order valence-electron chi connectivity index (χ3n) is 4.39. The summed E-state index contributed by atoms with van der Waals surface area (Å²) in [7, 11) is 1.02. The van der Waals surface area contributed by atoms with Gasteiger partial charge in [0.05, 0.1) is 18.3 Å². The van der Waals surface area contributed by atoms with Crippen LogP contribution in [0.4, 0.5) is 5.69 Å². The molecular formula is C19H22N4O4S. The molecule has 0 aliphatic rings. The predicted octanol–water partition coefficient (Wildman–Crippen LogP) is 1.69. The highest BCUT2D eigenvalue weighted by Crippen LogP contribution is 2.30. The van der Waals surface area contributed by atoms with E-state index in [0.29, 0.717) is 11.1 Å². The SMILES string of the molecule is COC(=O)[C@H](Cc1cnc[nH]1)NS(=O)(=O)c1cccc2c(N(C)C)cccc12. The van der Waals surface area contributed by atoms with Crippen molar-refractivity contribution >= 4 is 32.5 Å². The lowest BCUT2D eigenvalue weighted by atomic mass is 10.1. The number of fused-ring (bicyclic) bond motifs is 1. The molecule has 1 aromatic heterocycles. The van der Waals surface area contributed by atoms with Crippen molar-refractivity contribution in [1.29, 1.82) is 0 Å². The summed E-state index contributed by atoms with van der Waals surface area (Å²) in [5, 5.41) is 1.38. The third kappa shape index (κ3) is 4.00. The van der Waals surface area contributed by atoms with Gasteiger partial charge >= 0.3 is 5.97 Å². The molecule has 9 heteroatoms. The van der Waals surface area contributed by atoms with Crippen LogP contribution < -0.4 is 9.62 Å². The van der Waals surface area contributed by atoms with Gasteiger partial charge in [0.15, 0.2) is 0 Å². The van der Waals surface area contributed by atoms with Gasteiger partial charge in [0.2, 0.25) is 10.0 Å². The topological polar surface area (TPSA) is 104 Å². The van der Waals surface area contributed by atoms with E-state index in [9.17, 15) is 13.2 Å². The monoisotopic (exact) mass is 402 g/mol. The second-order valence-electron chi connectivity index (χ2n) is 6.50. The first-order chi connectivity index (χ1) is 13.3. The number of hydrogen-bond donors (Lipinski definition) is 2. The molecule has 0 unspecified atom stereocenters. The number of esters is 1. The molecule has 0 radical (unpaired) electrons. The van der Waals surface area contributed by atoms with Gasteiger partial charge in [-0.1, -0.05) is 24.3 Å². The number of methoxy groups -OCH3 is 1. The highest BCUT2D eigenvalue weighted by Gasteiger charge is 2.28. The number of nitrogens with one attached hydrogen (secondary N) is 2. The molecule has 8 nitrogen and oxygen atoms in total. The first-order valence-electron chi connectivity index (χ1n) is 8.60. The van der Waals surface area contributed by atoms with Crippen molar-refractivity contribution in [2.45, 2.75) is 17.4 Å². The number of hydrogen-bond acceptors (Lipinski definition) is 6. The van der Waals surface area contributed by atoms with Crippen LogP contribution in [0.15, 0.2) is 53.8 Å². The first kappa shape index (κ1) is 19.8. The molecule has 0 amide bonds. The van der Waals surface area contributed by atoms with Crippen LogP contribution in [0, 0.1) is 0 Å². The zero-order valence-electron chi connectivity index (χ0n) is 15.8. The molecule has 0 saturated heterocycles. The fraction of sp³-hybridized carbons (Fsp3) is 0.263. The van der Waals surface area contributed by atoms with Crippen molar-refractivity contribution in [1.82, 2.24) is 14.7 Å². The molecule has 3 rings (SSSR count). The molecular weight excluding hydrogens is 380 g/mol. The van der Waals surface area contributed by atoms with E-state index in [2.05, 4.69) is 14.7 Å². The quantitative estimate of drug-likeness (QED) is 0.583. The second-order valence-corrected chi connectivity index (χ2v) is 8.18. The Morgan fingerprint density at radius 1 is 1.21 bits per heavy atom. The van der Waals surface area contributed by atoms with Gasteiger partial charge < -0.3 is 14.6 Å². The van der Waals surface area contributed by atoms with Gasteiger partial charge in [0, 0.05) is 48.9 Å². The van der Waals surface area contributed by atoms with Crippen LogP contribution in [0.2, 0.25) is 0 Å². The maximum atomic E-state index is 13.1. The molecule has 148 valence electrons. The number of benzene rings is 2. The molecule has 0 saturated carbocycles. The van der Waals surface area contributed by atoms with Crippen molar-refractivity contribution in [3.63, 3.8) is 0 Å². The van der Waals surface area contributed by atoms with E-state index in [1.807, 2.05) is 31.1 Å². The number of carbonyl (C=O) groups excluding carboxylic acids is 1. The van der Waals surface area contributed by atoms with Crippen molar-refractivity contribution < 1.29 is 17.9 Å². The number of aromatic amines is 1. The van der Waals surface area contributed by atoms with Crippen LogP contribution in [-0.2, 0) is 26.0 Å². The summed E-state index contributed by atoms with van der Waals surface area (Å²) in [6, 6.07) is 9.47. The standard InChI is InChI=1S/C19H22N4O4S/c1-23(2)17-8-4-7-15-14(17)6-5-9-18(15)28(25,26)22-16(19(24)27-3)10-13-11-20-12-21-13/h4-9,11-12,16,22H,10H2,1-3H3,(H,20,21)/t16-/m0/s1. The third-order valence-corrected chi connectivity index (χ3v) is 5.92. The van der Waals surface area contributed by atoms with Gasteiger partial charge in [-0.05, 0) is 12.1 Å². The Kier molecular flexibility index (Phi) is 5.66. The van der Waals surface area contributed by atoms with Crippen LogP contribution in [0.25, 0.3) is 10.8 Å². The van der Waals surface area contributed by atoms with Gasteiger partial charge in [-0.2, -0.15) is 4.72 Å². The highest BCUT2D eigenvalue weighted by atomic mass is 32.2. The van der Waals surface area contributed by atoms with E-state index in [4.69, 9.17) is 4.74 Å². The Balaban J connectivity index is 2.01. The van der Waals surface area contributed by atoms with E-state index < -0.39 is 22.0 Å². The number of rotatable bonds is 7. The number of imidazole rings is 1. The predicted molar refractivity (Wildman–Crippen MR) is 107 cm³/mol. The molecule has 0 spiro atoms. The van der Waals surface area contributed by atoms with Gasteiger partial charge in [-0.25, -0.2) is 13.4 Å². The average Bonchev–Trinajstić information content (AvgIpc) is 3.18. The molecule has 1 heterocycles. The highest BCUT2D eigenvalue weighted by molar-refractivity contribution is 7.89. The Hall–Kier alpha value is -2.91. The normalized spacial score (nSPS) is 12.7. The Morgan fingerprint density at radius 2 is 1.93 bits per heavy atom. The van der Waals surface area contributed by atoms with Crippen LogP contribution in [0.1, 0.15) is 5.69 Å². The minimum absolute atomic E-state index is 0.0968. The summed E-state index contributed by atoms with van der Waals surface area (Å²) >= 11 is 0. The lowest BCUT2D eigenvalue weighted by molar-refractivity contribution is -0.142. The second kappa shape index (κ2) is 7.99. The smallest absolute Gasteiger partial charge is 0.324 e. The molecule has 2 aromatic carbocycles. The van der Waals surface area contributed by atoms with Gasteiger partial charge in [0.25, 0.3) is 0 Å². The number of ether oxygens (including phenoxy) is 1. The van der Waals surface area contributed by atoms with Crippen molar-refractivity contribution in [2.24, 2.45) is 0 Å². The van der Waals surface area contributed by atoms with Crippen LogP contribution >= 0.6 is 0 Å². The zero-order valence-corrected chi connectivity index (χ0v) is 16.7. The fourth-order valence-corrected chi connectivity index (χ4v) is 4.48. The number of carbonyl (C=O) groups is 1. The molecule has 0 fully saturated rings. The number of nitrogens with zero attached hydrogens (tertiary/aromatic N) is 2. The fourth-order valence-electron chi connectivity index (χ4n) is 3.07. The van der Waals surface area contributed by atoms with E-state index >= 15 is 0 Å². The van der Waals surface area contributed by atoms with Gasteiger partial charge in [-0.15, -0.1) is 0 Å². The first-order valence-corrected chi connectivity index (χ1v) is 10.1. The summed E-state index contributed by atoms with van der Waals surface area (Å²) < 4.78 is 33.5. The molecule has 0 bridgehead atoms. The van der Waals surface area contributed by atoms with E-state index in [1.54, 1.807) is 18.2 Å². The number of sulfonamides is 1. The Morgan fingerprint density at radius 3 is 2.57 bits per heavy atom. The van der Waals surface area contributed by atoms with E-state index in [1.165, 1.54) is 25.7 Å². The summed E-state index contributed by atoms with van der Waals surface area (Å²) in [6.07, 6.45) is 3.09. The Bertz CT molecular complexity index is 1080. The molecule has 3 aromatic rings. The van der Waals surface area contributed by atoms with Gasteiger partial charge in [0.1, 0.15) is 6.04 Å². The lowest BCUT2D eigenvalue weighted by Gasteiger charge is -2.19. The zero-order chi connectivity index (χ0) is 20.3. The van der Waals surface area contributed by atoms with Crippen molar-refractivity contribution in [3.05, 3.63) is 54.6 Å². The largest absolute Gasteiger partial charge is 0.468 e.